The number of hydrogen-bond donors (Lipinski definition) is 1. The predicted molar refractivity (Wildman–Crippen MR) is 76.2 cm³/mol. The average molecular weight is 275 g/mol. The maximum atomic E-state index is 5.96. The summed E-state index contributed by atoms with van der Waals surface area (Å²) in [6.07, 6.45) is 1.25. The highest BCUT2D eigenvalue weighted by atomic mass is 35.5. The molecule has 0 amide bonds. The Hall–Kier alpha value is -0.280. The Kier molecular flexibility index (Phi) is 5.74. The summed E-state index contributed by atoms with van der Waals surface area (Å²) in [4.78, 5) is 2.43. The van der Waals surface area contributed by atoms with Crippen LogP contribution in [0.4, 0.5) is 0 Å². The van der Waals surface area contributed by atoms with E-state index in [2.05, 4.69) is 30.3 Å². The van der Waals surface area contributed by atoms with Crippen LogP contribution in [0.3, 0.4) is 0 Å². The topological polar surface area (TPSA) is 15.3 Å². The van der Waals surface area contributed by atoms with Crippen LogP contribution in [0.1, 0.15) is 17.5 Å². The Morgan fingerprint density at radius 1 is 1.47 bits per heavy atom. The molecular weight excluding hydrogens is 255 g/mol. The third-order valence-electron chi connectivity index (χ3n) is 3.38. The first-order chi connectivity index (χ1) is 7.66. The monoisotopic (exact) mass is 274 g/mol. The lowest BCUT2D eigenvalue weighted by atomic mass is 10.1. The van der Waals surface area contributed by atoms with E-state index in [1.54, 1.807) is 0 Å². The van der Waals surface area contributed by atoms with Gasteiger partial charge in [0.2, 0.25) is 0 Å². The molecule has 1 aliphatic rings. The minimum Gasteiger partial charge on any atom is -0.315 e. The number of aryl methyl sites for hydroxylation is 1. The molecule has 1 heterocycles. The summed E-state index contributed by atoms with van der Waals surface area (Å²) < 4.78 is 0. The number of halogens is 2. The zero-order chi connectivity index (χ0) is 11.5. The van der Waals surface area contributed by atoms with Crippen molar-refractivity contribution >= 4 is 24.0 Å². The second kappa shape index (κ2) is 6.60. The molecule has 1 N–H and O–H groups in total. The third kappa shape index (κ3) is 3.85. The Morgan fingerprint density at radius 2 is 2.24 bits per heavy atom. The minimum absolute atomic E-state index is 0. The first kappa shape index (κ1) is 14.8. The summed E-state index contributed by atoms with van der Waals surface area (Å²) >= 11 is 5.96. The van der Waals surface area contributed by atoms with E-state index in [0.29, 0.717) is 6.04 Å². The summed E-state index contributed by atoms with van der Waals surface area (Å²) in [5.74, 6) is 0. The van der Waals surface area contributed by atoms with Gasteiger partial charge in [0.05, 0.1) is 0 Å². The number of likely N-dealkylation sites (N-methyl/N-ethyl adjacent to an activating group) is 1. The zero-order valence-electron chi connectivity index (χ0n) is 10.4. The molecule has 0 radical (unpaired) electrons. The van der Waals surface area contributed by atoms with Gasteiger partial charge in [-0.15, -0.1) is 12.4 Å². The van der Waals surface area contributed by atoms with Crippen LogP contribution in [-0.2, 0) is 6.54 Å². The van der Waals surface area contributed by atoms with Crippen molar-refractivity contribution in [2.75, 3.05) is 20.1 Å². The summed E-state index contributed by atoms with van der Waals surface area (Å²) in [6.45, 7) is 5.40. The predicted octanol–water partition coefficient (Wildman–Crippen LogP) is 2.86. The molecule has 0 bridgehead atoms. The van der Waals surface area contributed by atoms with Crippen LogP contribution in [0.25, 0.3) is 0 Å². The van der Waals surface area contributed by atoms with Gasteiger partial charge in [-0.25, -0.2) is 0 Å². The average Bonchev–Trinajstić information content (AvgIpc) is 2.75. The first-order valence-electron chi connectivity index (χ1n) is 5.83. The zero-order valence-corrected chi connectivity index (χ0v) is 11.9. The summed E-state index contributed by atoms with van der Waals surface area (Å²) in [5, 5.41) is 4.23. The van der Waals surface area contributed by atoms with Gasteiger partial charge < -0.3 is 5.32 Å². The van der Waals surface area contributed by atoms with E-state index < -0.39 is 0 Å². The molecule has 96 valence electrons. The standard InChI is InChI=1S/C13H19ClN2.ClH/c1-10-7-12(14)4-3-11(10)9-16(2)13-5-6-15-8-13;/h3-4,7,13,15H,5-6,8-9H2,1-2H3;1H. The van der Waals surface area contributed by atoms with Crippen LogP contribution < -0.4 is 5.32 Å². The van der Waals surface area contributed by atoms with Gasteiger partial charge in [0.15, 0.2) is 0 Å². The first-order valence-corrected chi connectivity index (χ1v) is 6.20. The van der Waals surface area contributed by atoms with Crippen molar-refractivity contribution in [2.24, 2.45) is 0 Å². The van der Waals surface area contributed by atoms with Gasteiger partial charge >= 0.3 is 0 Å². The van der Waals surface area contributed by atoms with E-state index in [9.17, 15) is 0 Å². The second-order valence-corrected chi connectivity index (χ2v) is 5.07. The van der Waals surface area contributed by atoms with Crippen molar-refractivity contribution in [3.05, 3.63) is 34.3 Å². The Labute approximate surface area is 115 Å². The van der Waals surface area contributed by atoms with Crippen LogP contribution in [0.2, 0.25) is 5.02 Å². The SMILES string of the molecule is Cc1cc(Cl)ccc1CN(C)C1CCNC1.Cl. The second-order valence-electron chi connectivity index (χ2n) is 4.63. The normalized spacial score (nSPS) is 19.4. The molecule has 1 aromatic rings. The quantitative estimate of drug-likeness (QED) is 0.912. The van der Waals surface area contributed by atoms with Crippen molar-refractivity contribution in [1.29, 1.82) is 0 Å². The minimum atomic E-state index is 0. The number of benzene rings is 1. The van der Waals surface area contributed by atoms with Crippen LogP contribution in [0.5, 0.6) is 0 Å². The lowest BCUT2D eigenvalue weighted by Crippen LogP contribution is -2.33. The van der Waals surface area contributed by atoms with E-state index in [4.69, 9.17) is 11.6 Å². The van der Waals surface area contributed by atoms with Crippen molar-refractivity contribution in [3.63, 3.8) is 0 Å². The Bertz CT molecular complexity index is 362. The summed E-state index contributed by atoms with van der Waals surface area (Å²) in [7, 11) is 2.20. The molecule has 2 nitrogen and oxygen atoms in total. The molecule has 0 spiro atoms. The van der Waals surface area contributed by atoms with E-state index in [1.807, 2.05) is 12.1 Å². The summed E-state index contributed by atoms with van der Waals surface area (Å²) in [6, 6.07) is 6.83. The molecule has 2 rings (SSSR count). The van der Waals surface area contributed by atoms with Gasteiger partial charge in [-0.2, -0.15) is 0 Å². The maximum Gasteiger partial charge on any atom is 0.0408 e. The van der Waals surface area contributed by atoms with E-state index >= 15 is 0 Å². The molecule has 17 heavy (non-hydrogen) atoms. The van der Waals surface area contributed by atoms with Gasteiger partial charge in [-0.05, 0) is 50.2 Å². The van der Waals surface area contributed by atoms with Gasteiger partial charge in [-0.1, -0.05) is 17.7 Å². The molecule has 0 aliphatic carbocycles. The molecule has 0 saturated carbocycles. The van der Waals surface area contributed by atoms with E-state index in [1.165, 1.54) is 17.5 Å². The van der Waals surface area contributed by atoms with Crippen molar-refractivity contribution in [2.45, 2.75) is 25.9 Å². The fourth-order valence-electron chi connectivity index (χ4n) is 2.25. The van der Waals surface area contributed by atoms with Gasteiger partial charge in [0.1, 0.15) is 0 Å². The van der Waals surface area contributed by atoms with Crippen LogP contribution >= 0.6 is 24.0 Å². The van der Waals surface area contributed by atoms with Gasteiger partial charge in [-0.3, -0.25) is 4.90 Å². The van der Waals surface area contributed by atoms with Crippen LogP contribution in [0.15, 0.2) is 18.2 Å². The highest BCUT2D eigenvalue weighted by molar-refractivity contribution is 6.30. The Morgan fingerprint density at radius 3 is 2.82 bits per heavy atom. The third-order valence-corrected chi connectivity index (χ3v) is 3.62. The Balaban J connectivity index is 0.00000144. The number of rotatable bonds is 3. The fraction of sp³-hybridized carbons (Fsp3) is 0.538. The number of hydrogen-bond acceptors (Lipinski definition) is 2. The number of nitrogens with zero attached hydrogens (tertiary/aromatic N) is 1. The molecule has 4 heteroatoms. The lowest BCUT2D eigenvalue weighted by Gasteiger charge is -2.24. The highest BCUT2D eigenvalue weighted by Gasteiger charge is 2.19. The van der Waals surface area contributed by atoms with Crippen molar-refractivity contribution < 1.29 is 0 Å². The lowest BCUT2D eigenvalue weighted by molar-refractivity contribution is 0.248. The van der Waals surface area contributed by atoms with E-state index in [0.717, 1.165) is 24.7 Å². The summed E-state index contributed by atoms with van der Waals surface area (Å²) in [5.41, 5.74) is 2.66. The van der Waals surface area contributed by atoms with Gasteiger partial charge in [0, 0.05) is 24.2 Å². The van der Waals surface area contributed by atoms with Crippen molar-refractivity contribution in [3.8, 4) is 0 Å². The van der Waals surface area contributed by atoms with E-state index in [-0.39, 0.29) is 12.4 Å². The molecule has 1 saturated heterocycles. The molecule has 1 fully saturated rings. The smallest absolute Gasteiger partial charge is 0.0408 e. The molecule has 1 unspecified atom stereocenters. The number of nitrogens with one attached hydrogen (secondary N) is 1. The molecule has 1 aromatic carbocycles. The highest BCUT2D eigenvalue weighted by Crippen LogP contribution is 2.18. The van der Waals surface area contributed by atoms with Gasteiger partial charge in [0.25, 0.3) is 0 Å². The van der Waals surface area contributed by atoms with Crippen LogP contribution in [0, 0.1) is 6.92 Å². The van der Waals surface area contributed by atoms with Crippen LogP contribution in [-0.4, -0.2) is 31.1 Å². The maximum absolute atomic E-state index is 5.96. The fourth-order valence-corrected chi connectivity index (χ4v) is 2.48. The molecule has 0 aromatic heterocycles. The molecule has 1 atom stereocenters. The largest absolute Gasteiger partial charge is 0.315 e. The molecule has 1 aliphatic heterocycles. The molecular formula is C13H20Cl2N2. The van der Waals surface area contributed by atoms with Crippen molar-refractivity contribution in [1.82, 2.24) is 10.2 Å².